The van der Waals surface area contributed by atoms with Crippen molar-refractivity contribution in [1.82, 2.24) is 0 Å². The smallest absolute Gasteiger partial charge is 0.123 e. The Hall–Kier alpha value is -1.76. The molecule has 1 nitrogen and oxygen atoms in total. The second-order valence-corrected chi connectivity index (χ2v) is 4.19. The van der Waals surface area contributed by atoms with E-state index in [9.17, 15) is 0 Å². The van der Waals surface area contributed by atoms with Gasteiger partial charge in [0.15, 0.2) is 0 Å². The summed E-state index contributed by atoms with van der Waals surface area (Å²) >= 11 is 0. The van der Waals surface area contributed by atoms with Gasteiger partial charge in [0.2, 0.25) is 0 Å². The minimum absolute atomic E-state index is 0.136. The van der Waals surface area contributed by atoms with Crippen molar-refractivity contribution in [1.29, 1.82) is 0 Å². The van der Waals surface area contributed by atoms with Crippen LogP contribution in [0.4, 0.5) is 0 Å². The summed E-state index contributed by atoms with van der Waals surface area (Å²) in [4.78, 5) is 0. The molecular formula is C16H18O. The van der Waals surface area contributed by atoms with E-state index in [-0.39, 0.29) is 6.10 Å². The fourth-order valence-corrected chi connectivity index (χ4v) is 1.90. The molecule has 1 heteroatoms. The molecular weight excluding hydrogens is 208 g/mol. The van der Waals surface area contributed by atoms with Gasteiger partial charge in [0, 0.05) is 0 Å². The number of hydrogen-bond donors (Lipinski definition) is 0. The zero-order valence-corrected chi connectivity index (χ0v) is 10.4. The monoisotopic (exact) mass is 226 g/mol. The van der Waals surface area contributed by atoms with Crippen LogP contribution >= 0.6 is 0 Å². The van der Waals surface area contributed by atoms with E-state index in [4.69, 9.17) is 4.74 Å². The molecule has 0 aliphatic rings. The fourth-order valence-electron chi connectivity index (χ4n) is 1.90. The molecule has 2 aromatic carbocycles. The third-order valence-corrected chi connectivity index (χ3v) is 2.90. The maximum atomic E-state index is 6.08. The van der Waals surface area contributed by atoms with E-state index in [1.807, 2.05) is 24.3 Å². The topological polar surface area (TPSA) is 9.23 Å². The van der Waals surface area contributed by atoms with Crippen molar-refractivity contribution < 1.29 is 4.74 Å². The van der Waals surface area contributed by atoms with Gasteiger partial charge in [-0.1, -0.05) is 55.5 Å². The van der Waals surface area contributed by atoms with Gasteiger partial charge >= 0.3 is 0 Å². The third-order valence-electron chi connectivity index (χ3n) is 2.90. The lowest BCUT2D eigenvalue weighted by molar-refractivity contribution is 0.200. The highest BCUT2D eigenvalue weighted by atomic mass is 16.5. The largest absolute Gasteiger partial charge is 0.485 e. The van der Waals surface area contributed by atoms with Crippen LogP contribution in [0.25, 0.3) is 0 Å². The van der Waals surface area contributed by atoms with Crippen LogP contribution in [0.1, 0.15) is 30.6 Å². The maximum absolute atomic E-state index is 6.08. The van der Waals surface area contributed by atoms with Gasteiger partial charge < -0.3 is 4.74 Å². The van der Waals surface area contributed by atoms with Gasteiger partial charge in [0.25, 0.3) is 0 Å². The molecule has 0 aliphatic heterocycles. The minimum Gasteiger partial charge on any atom is -0.485 e. The number of aryl methyl sites for hydroxylation is 1. The molecule has 0 saturated heterocycles. The van der Waals surface area contributed by atoms with E-state index >= 15 is 0 Å². The second kappa shape index (κ2) is 5.53. The Morgan fingerprint density at radius 2 is 1.59 bits per heavy atom. The molecule has 2 rings (SSSR count). The Bertz CT molecular complexity index is 462. The zero-order valence-electron chi connectivity index (χ0n) is 10.4. The summed E-state index contributed by atoms with van der Waals surface area (Å²) in [5, 5.41) is 0. The van der Waals surface area contributed by atoms with Gasteiger partial charge in [0.1, 0.15) is 11.9 Å². The van der Waals surface area contributed by atoms with E-state index in [0.717, 1.165) is 12.2 Å². The molecule has 0 N–H and O–H groups in total. The molecule has 2 aromatic rings. The number of benzene rings is 2. The molecule has 0 spiro atoms. The van der Waals surface area contributed by atoms with Crippen LogP contribution in [-0.2, 0) is 0 Å². The highest BCUT2D eigenvalue weighted by Crippen LogP contribution is 2.26. The van der Waals surface area contributed by atoms with E-state index in [1.165, 1.54) is 11.1 Å². The summed E-state index contributed by atoms with van der Waals surface area (Å²) in [7, 11) is 0. The first kappa shape index (κ1) is 11.7. The molecule has 0 aliphatic carbocycles. The van der Waals surface area contributed by atoms with Crippen molar-refractivity contribution in [2.45, 2.75) is 26.4 Å². The van der Waals surface area contributed by atoms with Crippen molar-refractivity contribution in [3.63, 3.8) is 0 Å². The fraction of sp³-hybridized carbons (Fsp3) is 0.250. The van der Waals surface area contributed by atoms with E-state index < -0.39 is 0 Å². The van der Waals surface area contributed by atoms with Crippen molar-refractivity contribution in [2.75, 3.05) is 0 Å². The van der Waals surface area contributed by atoms with Crippen molar-refractivity contribution >= 4 is 0 Å². The molecule has 0 aromatic heterocycles. The highest BCUT2D eigenvalue weighted by Gasteiger charge is 2.11. The molecule has 0 fully saturated rings. The number of hydrogen-bond acceptors (Lipinski definition) is 1. The van der Waals surface area contributed by atoms with E-state index in [2.05, 4.69) is 44.2 Å². The van der Waals surface area contributed by atoms with Crippen molar-refractivity contribution in [3.8, 4) is 5.75 Å². The van der Waals surface area contributed by atoms with Crippen LogP contribution in [0.2, 0.25) is 0 Å². The average Bonchev–Trinajstić information content (AvgIpc) is 2.39. The normalized spacial score (nSPS) is 12.1. The first-order valence-electron chi connectivity index (χ1n) is 6.08. The predicted molar refractivity (Wildman–Crippen MR) is 71.3 cm³/mol. The Morgan fingerprint density at radius 3 is 2.24 bits per heavy atom. The lowest BCUT2D eigenvalue weighted by atomic mass is 10.1. The van der Waals surface area contributed by atoms with E-state index in [1.54, 1.807) is 0 Å². The second-order valence-electron chi connectivity index (χ2n) is 4.19. The SMILES string of the molecule is CCC(Oc1ccccc1C)c1ccccc1. The Kier molecular flexibility index (Phi) is 3.81. The Morgan fingerprint density at radius 1 is 0.941 bits per heavy atom. The maximum Gasteiger partial charge on any atom is 0.123 e. The van der Waals surface area contributed by atoms with Crippen LogP contribution in [-0.4, -0.2) is 0 Å². The molecule has 0 radical (unpaired) electrons. The van der Waals surface area contributed by atoms with Crippen LogP contribution < -0.4 is 4.74 Å². The lowest BCUT2D eigenvalue weighted by Crippen LogP contribution is -2.06. The van der Waals surface area contributed by atoms with Gasteiger partial charge in [-0.3, -0.25) is 0 Å². The quantitative estimate of drug-likeness (QED) is 0.744. The number of ether oxygens (including phenoxy) is 1. The minimum atomic E-state index is 0.136. The van der Waals surface area contributed by atoms with Gasteiger partial charge in [0.05, 0.1) is 0 Å². The van der Waals surface area contributed by atoms with Gasteiger partial charge in [-0.15, -0.1) is 0 Å². The summed E-state index contributed by atoms with van der Waals surface area (Å²) in [5.41, 5.74) is 2.42. The summed E-state index contributed by atoms with van der Waals surface area (Å²) in [6.45, 7) is 4.23. The number of para-hydroxylation sites is 1. The Balaban J connectivity index is 2.19. The van der Waals surface area contributed by atoms with Gasteiger partial charge in [-0.25, -0.2) is 0 Å². The number of rotatable bonds is 4. The van der Waals surface area contributed by atoms with Crippen LogP contribution in [0, 0.1) is 6.92 Å². The molecule has 17 heavy (non-hydrogen) atoms. The predicted octanol–water partition coefficient (Wildman–Crippen LogP) is 4.53. The standard InChI is InChI=1S/C16H18O/c1-3-15(14-10-5-4-6-11-14)17-16-12-8-7-9-13(16)2/h4-12,15H,3H2,1-2H3. The molecule has 0 amide bonds. The van der Waals surface area contributed by atoms with Crippen LogP contribution in [0.15, 0.2) is 54.6 Å². The molecule has 0 bridgehead atoms. The Labute approximate surface area is 103 Å². The molecule has 0 heterocycles. The summed E-state index contributed by atoms with van der Waals surface area (Å²) in [6, 6.07) is 18.5. The van der Waals surface area contributed by atoms with E-state index in [0.29, 0.717) is 0 Å². The summed E-state index contributed by atoms with van der Waals surface area (Å²) in [6.07, 6.45) is 1.11. The summed E-state index contributed by atoms with van der Waals surface area (Å²) < 4.78 is 6.08. The molecule has 0 saturated carbocycles. The third kappa shape index (κ3) is 2.88. The van der Waals surface area contributed by atoms with Gasteiger partial charge in [-0.2, -0.15) is 0 Å². The summed E-state index contributed by atoms with van der Waals surface area (Å²) in [5.74, 6) is 0.975. The average molecular weight is 226 g/mol. The van der Waals surface area contributed by atoms with Crippen LogP contribution in [0.3, 0.4) is 0 Å². The molecule has 1 atom stereocenters. The first-order chi connectivity index (χ1) is 8.31. The first-order valence-corrected chi connectivity index (χ1v) is 6.08. The highest BCUT2D eigenvalue weighted by molar-refractivity contribution is 5.32. The van der Waals surface area contributed by atoms with Gasteiger partial charge in [-0.05, 0) is 30.5 Å². The molecule has 1 unspecified atom stereocenters. The zero-order chi connectivity index (χ0) is 12.1. The lowest BCUT2D eigenvalue weighted by Gasteiger charge is -2.19. The van der Waals surface area contributed by atoms with Crippen LogP contribution in [0.5, 0.6) is 5.75 Å². The molecule has 88 valence electrons. The van der Waals surface area contributed by atoms with Crippen molar-refractivity contribution in [2.24, 2.45) is 0 Å². The van der Waals surface area contributed by atoms with Crippen molar-refractivity contribution in [3.05, 3.63) is 65.7 Å².